The van der Waals surface area contributed by atoms with Gasteiger partial charge < -0.3 is 38.1 Å². The van der Waals surface area contributed by atoms with Gasteiger partial charge in [-0.05, 0) is 61.8 Å². The van der Waals surface area contributed by atoms with Gasteiger partial charge >= 0.3 is 0 Å². The monoisotopic (exact) mass is 711 g/mol. The molecule has 274 valence electrons. The first-order valence-corrected chi connectivity index (χ1v) is 18.3. The summed E-state index contributed by atoms with van der Waals surface area (Å²) in [6, 6.07) is 13.2. The van der Waals surface area contributed by atoms with Crippen molar-refractivity contribution >= 4 is 47.2 Å². The summed E-state index contributed by atoms with van der Waals surface area (Å²) in [5.41, 5.74) is 12.6. The van der Waals surface area contributed by atoms with E-state index in [0.29, 0.717) is 25.1 Å². The molecule has 0 unspecified atom stereocenters. The lowest BCUT2D eigenvalue weighted by molar-refractivity contribution is -0.134. The fourth-order valence-electron chi connectivity index (χ4n) is 5.09. The number of carbonyl (C=O) groups excluding carboxylic acids is 6. The second kappa shape index (κ2) is 22.3. The minimum atomic E-state index is -1.11. The Balaban J connectivity index is 2.23. The molecule has 0 fully saturated rings. The smallest absolute Gasteiger partial charge is 0.243 e. The maximum atomic E-state index is 13.7. The minimum Gasteiger partial charge on any atom is -0.368 e. The molecule has 0 aliphatic carbocycles. The molecule has 2 rings (SSSR count). The standard InChI is InChI=1S/C36H53N7O6S/c1-23(2)20-28(35(48)41-27(32(38)45)17-19-50-4)42-33(46)24(3)39-34(47)30(22-26-14-9-6-10-15-26)43-36(49)29(40-31(44)16-11-18-37)21-25-12-7-5-8-13-25/h5-10,12-15,23-24,27-30H,11,16-22,37H2,1-4H3,(H2,38,45)(H,39,47)(H,40,44)(H,41,48)(H,42,46)(H,43,49)/t24-,27+,28+,29+,30+/m1/s1. The average Bonchev–Trinajstić information content (AvgIpc) is 3.08. The number of primary amides is 1. The molecule has 50 heavy (non-hydrogen) atoms. The summed E-state index contributed by atoms with van der Waals surface area (Å²) < 4.78 is 0. The SMILES string of the molecule is CSCC[C@H](NC(=O)[C@H](CC(C)C)NC(=O)[C@@H](C)NC(=O)[C@H](Cc1ccccc1)NC(=O)[C@H](Cc1ccccc1)NC(=O)CCCN)C(N)=O. The van der Waals surface area contributed by atoms with E-state index in [1.54, 1.807) is 0 Å². The quantitative estimate of drug-likeness (QED) is 0.0931. The molecule has 0 aliphatic heterocycles. The Labute approximate surface area is 299 Å². The first kappa shape index (κ1) is 41.7. The molecule has 2 aromatic carbocycles. The summed E-state index contributed by atoms with van der Waals surface area (Å²) in [6.07, 6.45) is 3.38. The molecule has 5 atom stereocenters. The Morgan fingerprint density at radius 1 is 0.660 bits per heavy atom. The number of benzene rings is 2. The maximum absolute atomic E-state index is 13.7. The summed E-state index contributed by atoms with van der Waals surface area (Å²) in [7, 11) is 0. The van der Waals surface area contributed by atoms with Crippen LogP contribution in [0.25, 0.3) is 0 Å². The number of amides is 6. The van der Waals surface area contributed by atoms with Crippen molar-refractivity contribution in [3.05, 3.63) is 71.8 Å². The van der Waals surface area contributed by atoms with Crippen LogP contribution in [0.3, 0.4) is 0 Å². The lowest BCUT2D eigenvalue weighted by Gasteiger charge is -2.26. The van der Waals surface area contributed by atoms with E-state index in [1.807, 2.05) is 80.8 Å². The van der Waals surface area contributed by atoms with Gasteiger partial charge in [0.05, 0.1) is 0 Å². The molecule has 0 spiro atoms. The zero-order valence-electron chi connectivity index (χ0n) is 29.4. The van der Waals surface area contributed by atoms with E-state index in [0.717, 1.165) is 11.1 Å². The molecule has 0 bridgehead atoms. The number of nitrogens with two attached hydrogens (primary N) is 2. The van der Waals surface area contributed by atoms with E-state index in [-0.39, 0.29) is 37.5 Å². The fourth-order valence-corrected chi connectivity index (χ4v) is 5.56. The van der Waals surface area contributed by atoms with Crippen molar-refractivity contribution < 1.29 is 28.8 Å². The van der Waals surface area contributed by atoms with E-state index in [4.69, 9.17) is 11.5 Å². The molecule has 0 aromatic heterocycles. The summed E-state index contributed by atoms with van der Waals surface area (Å²) >= 11 is 1.51. The second-order valence-electron chi connectivity index (χ2n) is 12.6. The zero-order valence-corrected chi connectivity index (χ0v) is 30.2. The van der Waals surface area contributed by atoms with Crippen LogP contribution in [0.2, 0.25) is 0 Å². The third-order valence-electron chi connectivity index (χ3n) is 7.82. The number of nitrogens with one attached hydrogen (secondary N) is 5. The van der Waals surface area contributed by atoms with Crippen molar-refractivity contribution in [1.29, 1.82) is 0 Å². The highest BCUT2D eigenvalue weighted by atomic mass is 32.2. The fraction of sp³-hybridized carbons (Fsp3) is 0.500. The van der Waals surface area contributed by atoms with Gasteiger partial charge in [-0.3, -0.25) is 28.8 Å². The predicted octanol–water partition coefficient (Wildman–Crippen LogP) is 0.939. The van der Waals surface area contributed by atoms with Gasteiger partial charge in [0.25, 0.3) is 0 Å². The van der Waals surface area contributed by atoms with Crippen molar-refractivity contribution in [3.8, 4) is 0 Å². The van der Waals surface area contributed by atoms with Crippen LogP contribution in [0.15, 0.2) is 60.7 Å². The van der Waals surface area contributed by atoms with Gasteiger partial charge in [0.1, 0.15) is 30.2 Å². The van der Waals surface area contributed by atoms with Gasteiger partial charge in [0.15, 0.2) is 0 Å². The molecule has 2 aromatic rings. The summed E-state index contributed by atoms with van der Waals surface area (Å²) in [6.45, 7) is 5.57. The highest BCUT2D eigenvalue weighted by Crippen LogP contribution is 2.10. The summed E-state index contributed by atoms with van der Waals surface area (Å²) in [4.78, 5) is 78.6. The van der Waals surface area contributed by atoms with Gasteiger partial charge in [0, 0.05) is 19.3 Å². The Bertz CT molecular complexity index is 1400. The lowest BCUT2D eigenvalue weighted by Crippen LogP contribution is -2.59. The summed E-state index contributed by atoms with van der Waals surface area (Å²) in [5, 5.41) is 13.6. The van der Waals surface area contributed by atoms with Crippen molar-refractivity contribution in [2.24, 2.45) is 17.4 Å². The number of rotatable bonds is 22. The highest BCUT2D eigenvalue weighted by Gasteiger charge is 2.31. The van der Waals surface area contributed by atoms with Crippen molar-refractivity contribution in [2.75, 3.05) is 18.6 Å². The molecule has 6 amide bonds. The van der Waals surface area contributed by atoms with Crippen molar-refractivity contribution in [1.82, 2.24) is 26.6 Å². The molecular formula is C36H53N7O6S. The van der Waals surface area contributed by atoms with Gasteiger partial charge in [-0.25, -0.2) is 0 Å². The lowest BCUT2D eigenvalue weighted by atomic mass is 10.0. The van der Waals surface area contributed by atoms with Crippen LogP contribution in [0.5, 0.6) is 0 Å². The molecule has 14 heteroatoms. The molecule has 13 nitrogen and oxygen atoms in total. The first-order valence-electron chi connectivity index (χ1n) is 16.9. The predicted molar refractivity (Wildman–Crippen MR) is 196 cm³/mol. The topological polar surface area (TPSA) is 215 Å². The molecular weight excluding hydrogens is 659 g/mol. The Morgan fingerprint density at radius 2 is 1.14 bits per heavy atom. The normalized spacial score (nSPS) is 14.0. The molecule has 9 N–H and O–H groups in total. The van der Waals surface area contributed by atoms with Crippen LogP contribution in [-0.2, 0) is 41.6 Å². The Kier molecular flexibility index (Phi) is 18.6. The summed E-state index contributed by atoms with van der Waals surface area (Å²) in [5.74, 6) is -2.77. The van der Waals surface area contributed by atoms with Crippen LogP contribution in [0, 0.1) is 5.92 Å². The highest BCUT2D eigenvalue weighted by molar-refractivity contribution is 7.98. The van der Waals surface area contributed by atoms with Crippen LogP contribution < -0.4 is 38.1 Å². The number of thioether (sulfide) groups is 1. The van der Waals surface area contributed by atoms with E-state index in [9.17, 15) is 28.8 Å². The van der Waals surface area contributed by atoms with Crippen molar-refractivity contribution in [3.63, 3.8) is 0 Å². The number of hydrogen-bond donors (Lipinski definition) is 7. The van der Waals surface area contributed by atoms with Crippen LogP contribution in [-0.4, -0.2) is 84.2 Å². The van der Waals surface area contributed by atoms with Gasteiger partial charge in [-0.15, -0.1) is 0 Å². The average molecular weight is 712 g/mol. The first-order chi connectivity index (χ1) is 23.8. The maximum Gasteiger partial charge on any atom is 0.243 e. The van der Waals surface area contributed by atoms with E-state index < -0.39 is 59.7 Å². The van der Waals surface area contributed by atoms with Gasteiger partial charge in [-0.1, -0.05) is 74.5 Å². The zero-order chi connectivity index (χ0) is 37.1. The molecule has 0 aliphatic rings. The van der Waals surface area contributed by atoms with Crippen LogP contribution in [0.4, 0.5) is 0 Å². The molecule has 0 saturated carbocycles. The Morgan fingerprint density at radius 3 is 1.64 bits per heavy atom. The largest absolute Gasteiger partial charge is 0.368 e. The molecule has 0 heterocycles. The van der Waals surface area contributed by atoms with E-state index in [1.165, 1.54) is 18.7 Å². The molecule has 0 radical (unpaired) electrons. The number of hydrogen-bond acceptors (Lipinski definition) is 8. The van der Waals surface area contributed by atoms with Crippen LogP contribution >= 0.6 is 11.8 Å². The second-order valence-corrected chi connectivity index (χ2v) is 13.6. The minimum absolute atomic E-state index is 0.0132. The van der Waals surface area contributed by atoms with Crippen molar-refractivity contribution in [2.45, 2.75) is 89.5 Å². The van der Waals surface area contributed by atoms with E-state index >= 15 is 0 Å². The molecule has 0 saturated heterocycles. The number of carbonyl (C=O) groups is 6. The van der Waals surface area contributed by atoms with Gasteiger partial charge in [-0.2, -0.15) is 11.8 Å². The third-order valence-corrected chi connectivity index (χ3v) is 8.46. The Hall–Kier alpha value is -4.43. The van der Waals surface area contributed by atoms with Crippen LogP contribution in [0.1, 0.15) is 57.6 Å². The van der Waals surface area contributed by atoms with Gasteiger partial charge in [0.2, 0.25) is 35.4 Å². The third kappa shape index (κ3) is 15.4. The van der Waals surface area contributed by atoms with E-state index in [2.05, 4.69) is 26.6 Å².